The van der Waals surface area contributed by atoms with E-state index in [1.807, 2.05) is 0 Å². The van der Waals surface area contributed by atoms with Crippen LogP contribution in [0.1, 0.15) is 55.4 Å². The van der Waals surface area contributed by atoms with Crippen LogP contribution in [0.3, 0.4) is 0 Å². The van der Waals surface area contributed by atoms with Gasteiger partial charge in [0.25, 0.3) is 5.91 Å². The van der Waals surface area contributed by atoms with Gasteiger partial charge < -0.3 is 25.0 Å². The number of carbonyl (C=O) groups is 3. The molecule has 0 aromatic carbocycles. The van der Waals surface area contributed by atoms with E-state index in [1.54, 1.807) is 6.20 Å². The molecule has 3 unspecified atom stereocenters. The number of fused-ring (bicyclic) bond motifs is 1. The molecule has 1 aromatic heterocycles. The highest BCUT2D eigenvalue weighted by Crippen LogP contribution is 2.24. The predicted octanol–water partition coefficient (Wildman–Crippen LogP) is 0.820. The molecule has 2 N–H and O–H groups in total. The minimum Gasteiger partial charge on any atom is -0.480 e. The third-order valence-electron chi connectivity index (χ3n) is 6.25. The number of nitrogens with one attached hydrogen (secondary N) is 1. The number of ether oxygens (including phenoxy) is 1. The summed E-state index contributed by atoms with van der Waals surface area (Å²) >= 11 is 0. The number of carbonyl (C=O) groups excluding carboxylic acids is 2. The fraction of sp³-hybridized carbons (Fsp3) is 0.667. The van der Waals surface area contributed by atoms with Crippen LogP contribution in [0.5, 0.6) is 0 Å². The third kappa shape index (κ3) is 4.79. The molecule has 2 amide bonds. The zero-order valence-electron chi connectivity index (χ0n) is 17.5. The largest absolute Gasteiger partial charge is 0.480 e. The molecule has 0 bridgehead atoms. The maximum Gasteiger partial charge on any atom is 0.328 e. The second kappa shape index (κ2) is 9.59. The maximum absolute atomic E-state index is 13.3. The molecule has 10 heteroatoms. The quantitative estimate of drug-likeness (QED) is 0.718. The zero-order valence-corrected chi connectivity index (χ0v) is 17.5. The average molecular weight is 431 g/mol. The normalized spacial score (nSPS) is 27.1. The molecule has 4 rings (SSSR count). The van der Waals surface area contributed by atoms with Gasteiger partial charge in [-0.05, 0) is 38.2 Å². The molecule has 3 aliphatic heterocycles. The number of hydrogen-bond acceptors (Lipinski definition) is 7. The van der Waals surface area contributed by atoms with Crippen LogP contribution in [-0.2, 0) is 14.3 Å². The first-order chi connectivity index (χ1) is 15.0. The van der Waals surface area contributed by atoms with Crippen molar-refractivity contribution in [3.8, 4) is 0 Å². The number of rotatable bonds is 4. The van der Waals surface area contributed by atoms with Crippen LogP contribution in [-0.4, -0.2) is 82.2 Å². The molecule has 0 radical (unpaired) electrons. The summed E-state index contributed by atoms with van der Waals surface area (Å²) < 4.78 is 5.43. The van der Waals surface area contributed by atoms with Crippen LogP contribution in [0.25, 0.3) is 0 Å². The Labute approximate surface area is 181 Å². The van der Waals surface area contributed by atoms with E-state index in [2.05, 4.69) is 20.2 Å². The highest BCUT2D eigenvalue weighted by molar-refractivity contribution is 5.97. The number of carboxylic acid groups (broad SMARTS) is 1. The Bertz CT molecular complexity index is 828. The Morgan fingerprint density at radius 1 is 1.10 bits per heavy atom. The topological polar surface area (TPSA) is 125 Å². The summed E-state index contributed by atoms with van der Waals surface area (Å²) in [6, 6.07) is -0.572. The van der Waals surface area contributed by atoms with Gasteiger partial charge in [0.1, 0.15) is 11.7 Å². The van der Waals surface area contributed by atoms with Crippen molar-refractivity contribution >= 4 is 23.7 Å². The van der Waals surface area contributed by atoms with Crippen molar-refractivity contribution in [3.05, 3.63) is 18.0 Å². The lowest BCUT2D eigenvalue weighted by atomic mass is 9.96. The smallest absolute Gasteiger partial charge is 0.328 e. The fourth-order valence-electron chi connectivity index (χ4n) is 4.60. The van der Waals surface area contributed by atoms with Crippen LogP contribution in [0.15, 0.2) is 12.3 Å². The number of carboxylic acids is 1. The fourth-order valence-corrected chi connectivity index (χ4v) is 4.60. The minimum atomic E-state index is -1.09. The number of amides is 2. The van der Waals surface area contributed by atoms with Gasteiger partial charge in [0.2, 0.25) is 11.9 Å². The van der Waals surface area contributed by atoms with E-state index in [9.17, 15) is 19.5 Å². The Morgan fingerprint density at radius 2 is 1.87 bits per heavy atom. The summed E-state index contributed by atoms with van der Waals surface area (Å²) in [7, 11) is 0. The Kier molecular flexibility index (Phi) is 6.64. The van der Waals surface area contributed by atoms with Crippen molar-refractivity contribution in [1.29, 1.82) is 0 Å². The van der Waals surface area contributed by atoms with Crippen molar-refractivity contribution < 1.29 is 24.2 Å². The Morgan fingerprint density at radius 3 is 2.65 bits per heavy atom. The minimum absolute atomic E-state index is 0.0383. The molecule has 0 aliphatic carbocycles. The molecule has 1 aromatic rings. The molecular formula is C21H29N5O5. The van der Waals surface area contributed by atoms with Crippen molar-refractivity contribution in [2.75, 3.05) is 31.2 Å². The molecule has 3 fully saturated rings. The van der Waals surface area contributed by atoms with E-state index >= 15 is 0 Å². The summed E-state index contributed by atoms with van der Waals surface area (Å²) in [4.78, 5) is 50.1. The second-order valence-corrected chi connectivity index (χ2v) is 8.39. The second-order valence-electron chi connectivity index (χ2n) is 8.39. The number of hydrogen-bond donors (Lipinski definition) is 2. The number of anilines is 1. The molecule has 0 spiro atoms. The van der Waals surface area contributed by atoms with E-state index in [0.29, 0.717) is 25.4 Å². The van der Waals surface area contributed by atoms with Crippen molar-refractivity contribution in [3.63, 3.8) is 0 Å². The maximum atomic E-state index is 13.3. The van der Waals surface area contributed by atoms with Crippen LogP contribution in [0.2, 0.25) is 0 Å². The van der Waals surface area contributed by atoms with Gasteiger partial charge in [-0.15, -0.1) is 0 Å². The number of morpholine rings is 1. The first-order valence-electron chi connectivity index (χ1n) is 11.1. The van der Waals surface area contributed by atoms with Crippen LogP contribution in [0.4, 0.5) is 5.95 Å². The van der Waals surface area contributed by atoms with Gasteiger partial charge in [-0.1, -0.05) is 12.8 Å². The molecule has 3 saturated heterocycles. The highest BCUT2D eigenvalue weighted by atomic mass is 16.5. The first-order valence-corrected chi connectivity index (χ1v) is 11.1. The highest BCUT2D eigenvalue weighted by Gasteiger charge is 2.42. The Hall–Kier alpha value is -2.75. The predicted molar refractivity (Wildman–Crippen MR) is 111 cm³/mol. The van der Waals surface area contributed by atoms with Gasteiger partial charge in [-0.25, -0.2) is 14.8 Å². The summed E-state index contributed by atoms with van der Waals surface area (Å²) in [5, 5.41) is 12.4. The summed E-state index contributed by atoms with van der Waals surface area (Å²) in [5.74, 6) is -1.38. The van der Waals surface area contributed by atoms with Gasteiger partial charge >= 0.3 is 5.97 Å². The number of aliphatic carboxylic acids is 1. The first kappa shape index (κ1) is 21.5. The van der Waals surface area contributed by atoms with Gasteiger partial charge in [0, 0.05) is 19.3 Å². The lowest BCUT2D eigenvalue weighted by molar-refractivity contribution is -0.165. The Balaban J connectivity index is 1.50. The van der Waals surface area contributed by atoms with Crippen LogP contribution >= 0.6 is 0 Å². The zero-order chi connectivity index (χ0) is 21.8. The van der Waals surface area contributed by atoms with Crippen molar-refractivity contribution in [2.45, 2.75) is 63.1 Å². The van der Waals surface area contributed by atoms with Gasteiger partial charge in [0.15, 0.2) is 6.04 Å². The molecule has 31 heavy (non-hydrogen) atoms. The lowest BCUT2D eigenvalue weighted by Crippen LogP contribution is -2.62. The van der Waals surface area contributed by atoms with Gasteiger partial charge in [-0.2, -0.15) is 0 Å². The summed E-state index contributed by atoms with van der Waals surface area (Å²) in [6.07, 6.45) is 7.64. The molecule has 0 saturated carbocycles. The molecule has 168 valence electrons. The van der Waals surface area contributed by atoms with E-state index in [-0.39, 0.29) is 24.2 Å². The number of piperidine rings is 1. The third-order valence-corrected chi connectivity index (χ3v) is 6.25. The summed E-state index contributed by atoms with van der Waals surface area (Å²) in [6.45, 7) is 2.01. The SMILES string of the molecule is O=C(NC1CCCCC2COCC(C(=O)O)N2C1=O)c1ccnc(N2CCCCC2)n1. The molecular weight excluding hydrogens is 402 g/mol. The van der Waals surface area contributed by atoms with Gasteiger partial charge in [0.05, 0.1) is 19.3 Å². The van der Waals surface area contributed by atoms with Crippen molar-refractivity contribution in [2.24, 2.45) is 0 Å². The lowest BCUT2D eigenvalue weighted by Gasteiger charge is -2.43. The summed E-state index contributed by atoms with van der Waals surface area (Å²) in [5.41, 5.74) is 0.207. The van der Waals surface area contributed by atoms with E-state index in [1.165, 1.54) is 17.4 Å². The average Bonchev–Trinajstić information content (AvgIpc) is 2.80. The van der Waals surface area contributed by atoms with E-state index in [0.717, 1.165) is 38.8 Å². The van der Waals surface area contributed by atoms with Gasteiger partial charge in [-0.3, -0.25) is 9.59 Å². The van der Waals surface area contributed by atoms with Crippen LogP contribution in [0, 0.1) is 0 Å². The van der Waals surface area contributed by atoms with Crippen molar-refractivity contribution in [1.82, 2.24) is 20.2 Å². The molecule has 3 aliphatic rings. The number of nitrogens with zero attached hydrogens (tertiary/aromatic N) is 4. The standard InChI is InChI=1S/C21H29N5O5/c27-18(15-8-9-22-21(24-15)25-10-4-1-5-11-25)23-16-7-3-2-6-14-12-31-13-17(20(29)30)26(14)19(16)28/h8-9,14,16-17H,1-7,10-13H2,(H,23,27)(H,29,30). The van der Waals surface area contributed by atoms with Crippen LogP contribution < -0.4 is 10.2 Å². The van der Waals surface area contributed by atoms with E-state index in [4.69, 9.17) is 4.74 Å². The molecule has 4 heterocycles. The number of aromatic nitrogens is 2. The molecule has 10 nitrogen and oxygen atoms in total. The molecule has 3 atom stereocenters. The van der Waals surface area contributed by atoms with E-state index < -0.39 is 24.0 Å². The monoisotopic (exact) mass is 431 g/mol.